The summed E-state index contributed by atoms with van der Waals surface area (Å²) in [6.07, 6.45) is 0.209. The quantitative estimate of drug-likeness (QED) is 0.785. The van der Waals surface area contributed by atoms with E-state index in [0.29, 0.717) is 21.5 Å². The van der Waals surface area contributed by atoms with Crippen LogP contribution in [0.5, 0.6) is 11.5 Å². The highest BCUT2D eigenvalue weighted by Gasteiger charge is 2.20. The van der Waals surface area contributed by atoms with E-state index in [1.165, 1.54) is 7.11 Å². The number of hydrogen-bond acceptors (Lipinski definition) is 4. The molecule has 2 N–H and O–H groups in total. The number of methoxy groups -OCH3 is 1. The van der Waals surface area contributed by atoms with Crippen LogP contribution >= 0.6 is 15.9 Å². The van der Waals surface area contributed by atoms with Gasteiger partial charge in [0.2, 0.25) is 0 Å². The third-order valence-electron chi connectivity index (χ3n) is 3.14. The molecule has 1 rings (SSSR count). The van der Waals surface area contributed by atoms with Crippen LogP contribution in [0.15, 0.2) is 16.6 Å². The Labute approximate surface area is 133 Å². The van der Waals surface area contributed by atoms with Crippen LogP contribution < -0.4 is 14.8 Å². The van der Waals surface area contributed by atoms with Crippen LogP contribution in [0.3, 0.4) is 0 Å². The predicted octanol–water partition coefficient (Wildman–Crippen LogP) is 2.63. The van der Waals surface area contributed by atoms with Crippen molar-refractivity contribution in [3.63, 3.8) is 0 Å². The first-order valence-electron chi connectivity index (χ1n) is 6.87. The van der Waals surface area contributed by atoms with E-state index < -0.39 is 6.10 Å². The molecule has 1 amide bonds. The largest absolute Gasteiger partial charge is 0.493 e. The molecule has 0 fully saturated rings. The Kier molecular flexibility index (Phi) is 6.98. The minimum atomic E-state index is -0.649. The fourth-order valence-corrected chi connectivity index (χ4v) is 2.25. The van der Waals surface area contributed by atoms with E-state index in [1.807, 2.05) is 13.8 Å². The number of carbonyl (C=O) groups excluding carboxylic acids is 1. The SMILES string of the molecule is CCC(C)NC(=O)C(C)Oc1c(Br)cc(CO)cc1OC. The van der Waals surface area contributed by atoms with Crippen LogP contribution in [0, 0.1) is 0 Å². The molecule has 0 spiro atoms. The topological polar surface area (TPSA) is 67.8 Å². The first-order chi connectivity index (χ1) is 9.92. The Bertz CT molecular complexity index is 493. The van der Waals surface area contributed by atoms with Gasteiger partial charge < -0.3 is 19.9 Å². The maximum absolute atomic E-state index is 12.0. The monoisotopic (exact) mass is 359 g/mol. The minimum absolute atomic E-state index is 0.0979. The summed E-state index contributed by atoms with van der Waals surface area (Å²) in [6, 6.07) is 3.52. The zero-order valence-electron chi connectivity index (χ0n) is 12.8. The summed E-state index contributed by atoms with van der Waals surface area (Å²) in [4.78, 5) is 12.0. The summed E-state index contributed by atoms with van der Waals surface area (Å²) < 4.78 is 11.6. The standard InChI is InChI=1S/C15H22BrNO4/c1-5-9(2)17-15(19)10(3)21-14-12(16)6-11(8-18)7-13(14)20-4/h6-7,9-10,18H,5,8H2,1-4H3,(H,17,19). The summed E-state index contributed by atoms with van der Waals surface area (Å²) >= 11 is 3.37. The van der Waals surface area contributed by atoms with E-state index in [0.717, 1.165) is 6.42 Å². The molecule has 5 nitrogen and oxygen atoms in total. The number of aliphatic hydroxyl groups is 1. The highest BCUT2D eigenvalue weighted by atomic mass is 79.9. The van der Waals surface area contributed by atoms with Crippen molar-refractivity contribution in [2.45, 2.75) is 45.9 Å². The van der Waals surface area contributed by atoms with Gasteiger partial charge in [-0.25, -0.2) is 0 Å². The number of nitrogens with one attached hydrogen (secondary N) is 1. The number of rotatable bonds is 7. The zero-order valence-corrected chi connectivity index (χ0v) is 14.4. The minimum Gasteiger partial charge on any atom is -0.493 e. The normalized spacial score (nSPS) is 13.4. The lowest BCUT2D eigenvalue weighted by molar-refractivity contribution is -0.127. The van der Waals surface area contributed by atoms with Crippen LogP contribution in [-0.4, -0.2) is 30.3 Å². The van der Waals surface area contributed by atoms with Crippen molar-refractivity contribution < 1.29 is 19.4 Å². The molecule has 0 heterocycles. The first kappa shape index (κ1) is 17.8. The molecule has 6 heteroatoms. The van der Waals surface area contributed by atoms with E-state index in [2.05, 4.69) is 21.2 Å². The first-order valence-corrected chi connectivity index (χ1v) is 7.66. The van der Waals surface area contributed by atoms with Crippen LogP contribution in [0.4, 0.5) is 0 Å². The molecule has 0 aliphatic rings. The van der Waals surface area contributed by atoms with Crippen molar-refractivity contribution >= 4 is 21.8 Å². The van der Waals surface area contributed by atoms with E-state index in [-0.39, 0.29) is 18.6 Å². The average Bonchev–Trinajstić information content (AvgIpc) is 2.48. The van der Waals surface area contributed by atoms with Crippen LogP contribution in [-0.2, 0) is 11.4 Å². The third-order valence-corrected chi connectivity index (χ3v) is 3.73. The molecule has 2 atom stereocenters. The molecule has 0 radical (unpaired) electrons. The molecular weight excluding hydrogens is 338 g/mol. The molecule has 1 aromatic rings. The summed E-state index contributed by atoms with van der Waals surface area (Å²) in [6.45, 7) is 5.53. The molecule has 0 aromatic heterocycles. The molecule has 2 unspecified atom stereocenters. The molecule has 21 heavy (non-hydrogen) atoms. The molecule has 0 saturated carbocycles. The van der Waals surface area contributed by atoms with Crippen molar-refractivity contribution in [1.82, 2.24) is 5.32 Å². The van der Waals surface area contributed by atoms with Gasteiger partial charge in [0.25, 0.3) is 5.91 Å². The number of aliphatic hydroxyl groups excluding tert-OH is 1. The molecule has 0 bridgehead atoms. The second kappa shape index (κ2) is 8.24. The average molecular weight is 360 g/mol. The van der Waals surface area contributed by atoms with Crippen molar-refractivity contribution in [2.75, 3.05) is 7.11 Å². The summed E-state index contributed by atoms with van der Waals surface area (Å²) in [5.41, 5.74) is 0.697. The zero-order chi connectivity index (χ0) is 16.0. The Hall–Kier alpha value is -1.27. The maximum Gasteiger partial charge on any atom is 0.260 e. The van der Waals surface area contributed by atoms with Gasteiger partial charge in [0, 0.05) is 6.04 Å². The second-order valence-corrected chi connectivity index (χ2v) is 5.70. The third kappa shape index (κ3) is 4.89. The fourth-order valence-electron chi connectivity index (χ4n) is 1.67. The lowest BCUT2D eigenvalue weighted by Gasteiger charge is -2.20. The van der Waals surface area contributed by atoms with Crippen molar-refractivity contribution in [3.8, 4) is 11.5 Å². The summed E-state index contributed by atoms with van der Waals surface area (Å²) in [5, 5.41) is 12.1. The van der Waals surface area contributed by atoms with E-state index in [4.69, 9.17) is 9.47 Å². The van der Waals surface area contributed by atoms with Crippen LogP contribution in [0.2, 0.25) is 0 Å². The van der Waals surface area contributed by atoms with Gasteiger partial charge >= 0.3 is 0 Å². The lowest BCUT2D eigenvalue weighted by Crippen LogP contribution is -2.41. The van der Waals surface area contributed by atoms with Gasteiger partial charge in [-0.2, -0.15) is 0 Å². The molecule has 0 aliphatic carbocycles. The van der Waals surface area contributed by atoms with Crippen LogP contribution in [0.25, 0.3) is 0 Å². The van der Waals surface area contributed by atoms with Gasteiger partial charge in [0.1, 0.15) is 0 Å². The fraction of sp³-hybridized carbons (Fsp3) is 0.533. The van der Waals surface area contributed by atoms with Crippen LogP contribution in [0.1, 0.15) is 32.8 Å². The number of ether oxygens (including phenoxy) is 2. The van der Waals surface area contributed by atoms with Gasteiger partial charge in [-0.05, 0) is 53.9 Å². The van der Waals surface area contributed by atoms with Gasteiger partial charge in [-0.15, -0.1) is 0 Å². The van der Waals surface area contributed by atoms with Crippen molar-refractivity contribution in [3.05, 3.63) is 22.2 Å². The summed E-state index contributed by atoms with van der Waals surface area (Å²) in [7, 11) is 1.51. The Morgan fingerprint density at radius 1 is 1.43 bits per heavy atom. The summed E-state index contributed by atoms with van der Waals surface area (Å²) in [5.74, 6) is 0.739. The Morgan fingerprint density at radius 2 is 2.10 bits per heavy atom. The van der Waals surface area contributed by atoms with Crippen molar-refractivity contribution in [2.24, 2.45) is 0 Å². The van der Waals surface area contributed by atoms with E-state index in [1.54, 1.807) is 19.1 Å². The maximum atomic E-state index is 12.0. The molecule has 1 aromatic carbocycles. The number of amides is 1. The Balaban J connectivity index is 2.89. The predicted molar refractivity (Wildman–Crippen MR) is 84.6 cm³/mol. The number of halogens is 1. The molecule has 118 valence electrons. The van der Waals surface area contributed by atoms with E-state index in [9.17, 15) is 9.90 Å². The van der Waals surface area contributed by atoms with Gasteiger partial charge in [-0.3, -0.25) is 4.79 Å². The lowest BCUT2D eigenvalue weighted by atomic mass is 10.2. The van der Waals surface area contributed by atoms with Gasteiger partial charge in [-0.1, -0.05) is 6.92 Å². The molecule has 0 saturated heterocycles. The second-order valence-electron chi connectivity index (χ2n) is 4.85. The highest BCUT2D eigenvalue weighted by molar-refractivity contribution is 9.10. The van der Waals surface area contributed by atoms with Gasteiger partial charge in [0.15, 0.2) is 17.6 Å². The van der Waals surface area contributed by atoms with E-state index >= 15 is 0 Å². The number of hydrogen-bond donors (Lipinski definition) is 2. The number of carbonyl (C=O) groups is 1. The number of benzene rings is 1. The smallest absolute Gasteiger partial charge is 0.260 e. The molecular formula is C15H22BrNO4. The highest BCUT2D eigenvalue weighted by Crippen LogP contribution is 2.37. The van der Waals surface area contributed by atoms with Gasteiger partial charge in [0.05, 0.1) is 18.2 Å². The molecule has 0 aliphatic heterocycles. The Morgan fingerprint density at radius 3 is 2.62 bits per heavy atom. The van der Waals surface area contributed by atoms with Crippen molar-refractivity contribution in [1.29, 1.82) is 0 Å².